The van der Waals surface area contributed by atoms with Gasteiger partial charge in [0.2, 0.25) is 0 Å². The van der Waals surface area contributed by atoms with Crippen LogP contribution in [0.1, 0.15) is 0 Å². The van der Waals surface area contributed by atoms with Crippen LogP contribution in [-0.2, 0) is 0 Å². The Kier molecular flexibility index (Phi) is 33.8. The molecule has 1 nitrogen and oxygen atoms in total. The number of rotatable bonds is 0. The van der Waals surface area contributed by atoms with E-state index in [2.05, 4.69) is 12.6 Å². The topological polar surface area (TPSA) is 23.8 Å². The van der Waals surface area contributed by atoms with Crippen LogP contribution >= 0.6 is 12.6 Å². The van der Waals surface area contributed by atoms with Crippen molar-refractivity contribution in [1.82, 2.24) is 0 Å². The van der Waals surface area contributed by atoms with Crippen molar-refractivity contribution in [3.05, 3.63) is 0 Å². The zero-order chi connectivity index (χ0) is 2.71. The average Bonchev–Trinajstić information content (AvgIpc) is 0.918. The van der Waals surface area contributed by atoms with Gasteiger partial charge in [0.15, 0.2) is 0 Å². The van der Waals surface area contributed by atoms with E-state index in [0.717, 1.165) is 0 Å². The van der Waals surface area contributed by atoms with Gasteiger partial charge in [-0.3, -0.25) is 4.70 Å². The van der Waals surface area contributed by atoms with Gasteiger partial charge in [-0.2, -0.15) is 5.26 Å². The van der Waals surface area contributed by atoms with Crippen LogP contribution in [0.25, 0.3) is 0 Å². The summed E-state index contributed by atoms with van der Waals surface area (Å²) in [6.07, 6.45) is 0. The van der Waals surface area contributed by atoms with Gasteiger partial charge >= 0.3 is 0 Å². The minimum Gasteiger partial charge on any atom is -0.269 e. The first-order valence-electron chi connectivity index (χ1n) is 0.447. The molecule has 0 amide bonds. The summed E-state index contributed by atoms with van der Waals surface area (Å²) < 4.78 is 0. The van der Waals surface area contributed by atoms with Crippen LogP contribution in [0.5, 0.6) is 0 Å². The molecule has 0 fully saturated rings. The van der Waals surface area contributed by atoms with E-state index >= 15 is 0 Å². The molecule has 0 aliphatic heterocycles. The van der Waals surface area contributed by atoms with Crippen LogP contribution in [-0.4, -0.2) is 0 Å². The smallest absolute Gasteiger partial charge is 0.130 e. The minimum atomic E-state index is 0. The third-order valence-electron chi connectivity index (χ3n) is 0. The first kappa shape index (κ1) is 9.23. The fourth-order valence-electron chi connectivity index (χ4n) is 0. The van der Waals surface area contributed by atoms with Gasteiger partial charge in [-0.25, -0.2) is 0 Å². The summed E-state index contributed by atoms with van der Waals surface area (Å²) in [5.74, 6) is 0. The maximum absolute atomic E-state index is 7.18. The van der Waals surface area contributed by atoms with Crippen molar-refractivity contribution < 1.29 is 4.70 Å². The van der Waals surface area contributed by atoms with Crippen LogP contribution in [0.3, 0.4) is 0 Å². The minimum absolute atomic E-state index is 0. The Morgan fingerprint density at radius 2 is 1.75 bits per heavy atom. The Labute approximate surface area is 29.0 Å². The van der Waals surface area contributed by atoms with Gasteiger partial charge in [-0.15, -0.1) is 0 Å². The summed E-state index contributed by atoms with van der Waals surface area (Å²) in [7, 11) is 0. The molecule has 4 heavy (non-hydrogen) atoms. The van der Waals surface area contributed by atoms with Gasteiger partial charge in [0.25, 0.3) is 0 Å². The largest absolute Gasteiger partial charge is 0.269 e. The summed E-state index contributed by atoms with van der Waals surface area (Å²) in [6.45, 7) is 0. The van der Waals surface area contributed by atoms with Crippen molar-refractivity contribution >= 4 is 12.6 Å². The van der Waals surface area contributed by atoms with Crippen molar-refractivity contribution in [2.75, 3.05) is 0 Å². The first-order valence-corrected chi connectivity index (χ1v) is 0.894. The fourth-order valence-corrected chi connectivity index (χ4v) is 0. The number of thiol groups is 1. The lowest BCUT2D eigenvalue weighted by Gasteiger charge is -1.14. The zero-order valence-electron chi connectivity index (χ0n) is 1.80. The number of hydrogen-bond donors (Lipinski definition) is 1. The molecular formula is CH2FNS. The number of thiocyanates is 1. The maximum atomic E-state index is 7.18. The van der Waals surface area contributed by atoms with Gasteiger partial charge in [0.05, 0.1) is 0 Å². The molecule has 0 aromatic carbocycles. The fraction of sp³-hybridized carbons (Fsp3) is 0. The van der Waals surface area contributed by atoms with Crippen molar-refractivity contribution in [2.24, 2.45) is 0 Å². The van der Waals surface area contributed by atoms with Crippen molar-refractivity contribution in [3.8, 4) is 5.40 Å². The van der Waals surface area contributed by atoms with E-state index in [1.807, 2.05) is 0 Å². The second kappa shape index (κ2) is 14.6. The molecule has 0 atom stereocenters. The third kappa shape index (κ3) is 19.8. The van der Waals surface area contributed by atoms with Crippen LogP contribution in [0.2, 0.25) is 0 Å². The Morgan fingerprint density at radius 3 is 1.75 bits per heavy atom. The normalized spacial score (nSPS) is 2.00. The van der Waals surface area contributed by atoms with E-state index < -0.39 is 0 Å². The van der Waals surface area contributed by atoms with Gasteiger partial charge in [-0.1, -0.05) is 12.6 Å². The Hall–Kier alpha value is -0.230. The molecular weight excluding hydrogens is 77.1 g/mol. The van der Waals surface area contributed by atoms with E-state index in [1.165, 1.54) is 5.40 Å². The molecule has 0 unspecified atom stereocenters. The predicted molar refractivity (Wildman–Crippen MR) is 17.1 cm³/mol. The average molecular weight is 79.1 g/mol. The lowest BCUT2D eigenvalue weighted by atomic mass is 11.8. The molecule has 0 heterocycles. The number of nitriles is 1. The number of halogens is 1. The Bertz CT molecular complexity index is 29.5. The SMILES string of the molecule is F.N#CS. The maximum Gasteiger partial charge on any atom is 0.130 e. The predicted octanol–water partition coefficient (Wildman–Crippen LogP) is 0.550. The van der Waals surface area contributed by atoms with E-state index in [0.29, 0.717) is 0 Å². The number of hydrogen-bond acceptors (Lipinski definition) is 2. The summed E-state index contributed by atoms with van der Waals surface area (Å²) >= 11 is 3.09. The Balaban J connectivity index is 0. The molecule has 0 bridgehead atoms. The molecule has 0 saturated heterocycles. The summed E-state index contributed by atoms with van der Waals surface area (Å²) in [4.78, 5) is 0. The monoisotopic (exact) mass is 79.0 g/mol. The van der Waals surface area contributed by atoms with Crippen LogP contribution in [0.15, 0.2) is 0 Å². The third-order valence-corrected chi connectivity index (χ3v) is 0. The van der Waals surface area contributed by atoms with Crippen LogP contribution in [0, 0.1) is 10.7 Å². The van der Waals surface area contributed by atoms with Crippen molar-refractivity contribution in [1.29, 1.82) is 5.26 Å². The van der Waals surface area contributed by atoms with Crippen LogP contribution in [0.4, 0.5) is 4.70 Å². The molecule has 0 rings (SSSR count). The molecule has 0 saturated carbocycles. The second-order valence-corrected chi connectivity index (χ2v) is 0.300. The lowest BCUT2D eigenvalue weighted by Crippen LogP contribution is -0.961. The van der Waals surface area contributed by atoms with Crippen molar-refractivity contribution in [3.63, 3.8) is 0 Å². The highest BCUT2D eigenvalue weighted by Gasteiger charge is 1.18. The second-order valence-electron chi connectivity index (χ2n) is 0.100. The molecule has 0 aromatic heterocycles. The van der Waals surface area contributed by atoms with Crippen LogP contribution < -0.4 is 0 Å². The van der Waals surface area contributed by atoms with Gasteiger partial charge < -0.3 is 0 Å². The van der Waals surface area contributed by atoms with Gasteiger partial charge in [0, 0.05) is 0 Å². The van der Waals surface area contributed by atoms with Gasteiger partial charge in [0.1, 0.15) is 5.40 Å². The molecule has 0 aliphatic carbocycles. The Morgan fingerprint density at radius 1 is 1.75 bits per heavy atom. The van der Waals surface area contributed by atoms with Crippen molar-refractivity contribution in [2.45, 2.75) is 0 Å². The van der Waals surface area contributed by atoms with E-state index in [-0.39, 0.29) is 4.70 Å². The number of nitrogens with zero attached hydrogens (tertiary/aromatic N) is 1. The summed E-state index contributed by atoms with van der Waals surface area (Å²) in [5.41, 5.74) is 0. The molecule has 0 aliphatic rings. The standard InChI is InChI=1S/CHNS.FH/c2-1-3;/h3H;1H. The molecule has 0 N–H and O–H groups in total. The molecule has 3 heteroatoms. The molecule has 0 spiro atoms. The highest BCUT2D eigenvalue weighted by Crippen LogP contribution is 1.46. The van der Waals surface area contributed by atoms with E-state index in [9.17, 15) is 0 Å². The molecule has 0 aromatic rings. The zero-order valence-corrected chi connectivity index (χ0v) is 2.70. The summed E-state index contributed by atoms with van der Waals surface area (Å²) in [6, 6.07) is 0. The lowest BCUT2D eigenvalue weighted by molar-refractivity contribution is 1.11. The molecule has 0 radical (unpaired) electrons. The first-order chi connectivity index (χ1) is 1.41. The van der Waals surface area contributed by atoms with Gasteiger partial charge in [-0.05, 0) is 0 Å². The highest BCUT2D eigenvalue weighted by molar-refractivity contribution is 7.85. The summed E-state index contributed by atoms with van der Waals surface area (Å²) in [5, 5.41) is 8.63. The quantitative estimate of drug-likeness (QED) is 0.332. The highest BCUT2D eigenvalue weighted by atomic mass is 32.1. The van der Waals surface area contributed by atoms with E-state index in [1.54, 1.807) is 0 Å². The molecule has 24 valence electrons. The van der Waals surface area contributed by atoms with E-state index in [4.69, 9.17) is 5.26 Å².